The van der Waals surface area contributed by atoms with Crippen LogP contribution in [0, 0.1) is 0 Å². The van der Waals surface area contributed by atoms with Gasteiger partial charge in [0.2, 0.25) is 11.8 Å². The van der Waals surface area contributed by atoms with Crippen molar-refractivity contribution in [3.63, 3.8) is 0 Å². The minimum atomic E-state index is -0.283. The van der Waals surface area contributed by atoms with Crippen LogP contribution in [0.1, 0.15) is 0 Å². The molecule has 10 heteroatoms. The molecule has 0 aliphatic rings. The molecule has 0 aliphatic carbocycles. The van der Waals surface area contributed by atoms with Crippen LogP contribution in [0.25, 0.3) is 10.8 Å². The highest BCUT2D eigenvalue weighted by atomic mass is 32.2. The van der Waals surface area contributed by atoms with E-state index in [0.29, 0.717) is 5.13 Å². The van der Waals surface area contributed by atoms with Crippen molar-refractivity contribution in [1.29, 1.82) is 0 Å². The van der Waals surface area contributed by atoms with Crippen LogP contribution in [-0.2, 0) is 9.59 Å². The number of carbonyl (C=O) groups is 2. The van der Waals surface area contributed by atoms with Gasteiger partial charge in [0, 0.05) is 17.3 Å². The van der Waals surface area contributed by atoms with E-state index in [9.17, 15) is 9.59 Å². The molecule has 144 valence electrons. The number of rotatable bonds is 6. The van der Waals surface area contributed by atoms with E-state index in [4.69, 9.17) is 12.2 Å². The summed E-state index contributed by atoms with van der Waals surface area (Å²) >= 11 is 7.72. The van der Waals surface area contributed by atoms with Crippen LogP contribution in [-0.4, -0.2) is 33.4 Å². The summed E-state index contributed by atoms with van der Waals surface area (Å²) in [6.07, 6.45) is 1.61. The summed E-state index contributed by atoms with van der Waals surface area (Å²) < 4.78 is 0. The highest BCUT2D eigenvalue weighted by Crippen LogP contribution is 2.18. The second-order valence-electron chi connectivity index (χ2n) is 5.57. The van der Waals surface area contributed by atoms with Gasteiger partial charge in [-0.2, -0.15) is 0 Å². The summed E-state index contributed by atoms with van der Waals surface area (Å²) in [6, 6.07) is 13.9. The summed E-state index contributed by atoms with van der Waals surface area (Å²) in [4.78, 5) is 27.5. The van der Waals surface area contributed by atoms with Crippen LogP contribution in [0.2, 0.25) is 0 Å². The van der Waals surface area contributed by atoms with Gasteiger partial charge in [0.1, 0.15) is 0 Å². The zero-order valence-corrected chi connectivity index (χ0v) is 17.0. The summed E-state index contributed by atoms with van der Waals surface area (Å²) in [5.74, 6) is -0.201. The number of thiazole rings is 1. The predicted molar refractivity (Wildman–Crippen MR) is 120 cm³/mol. The van der Waals surface area contributed by atoms with Crippen LogP contribution in [0.5, 0.6) is 0 Å². The number of anilines is 2. The minimum Gasteiger partial charge on any atom is -0.331 e. The Morgan fingerprint density at radius 1 is 1.00 bits per heavy atom. The van der Waals surface area contributed by atoms with Crippen LogP contribution in [0.4, 0.5) is 10.8 Å². The largest absolute Gasteiger partial charge is 0.331 e. The lowest BCUT2D eigenvalue weighted by Crippen LogP contribution is -2.44. The highest BCUT2D eigenvalue weighted by Gasteiger charge is 2.07. The minimum absolute atomic E-state index is 0.122. The molecule has 0 saturated heterocycles. The van der Waals surface area contributed by atoms with Crippen molar-refractivity contribution in [3.8, 4) is 0 Å². The first-order valence-electron chi connectivity index (χ1n) is 8.22. The smallest absolute Gasteiger partial charge is 0.248 e. The van der Waals surface area contributed by atoms with E-state index >= 15 is 0 Å². The Morgan fingerprint density at radius 3 is 2.57 bits per heavy atom. The van der Waals surface area contributed by atoms with Crippen LogP contribution in [0.3, 0.4) is 0 Å². The Hall–Kier alpha value is -2.69. The van der Waals surface area contributed by atoms with Crippen LogP contribution >= 0.6 is 35.3 Å². The van der Waals surface area contributed by atoms with Crippen molar-refractivity contribution in [2.45, 2.75) is 0 Å². The molecule has 7 nitrogen and oxygen atoms in total. The van der Waals surface area contributed by atoms with E-state index in [-0.39, 0.29) is 28.4 Å². The van der Waals surface area contributed by atoms with Crippen molar-refractivity contribution in [3.05, 3.63) is 54.0 Å². The number of thiocarbonyl (C=S) groups is 1. The van der Waals surface area contributed by atoms with Crippen molar-refractivity contribution in [2.75, 3.05) is 22.1 Å². The molecule has 3 aromatic rings. The number of hydrazine groups is 1. The fourth-order valence-electron chi connectivity index (χ4n) is 2.27. The molecular weight excluding hydrogens is 414 g/mol. The first kappa shape index (κ1) is 20.1. The molecule has 0 fully saturated rings. The number of amides is 2. The fourth-order valence-corrected chi connectivity index (χ4v) is 3.60. The third-order valence-electron chi connectivity index (χ3n) is 3.47. The van der Waals surface area contributed by atoms with Gasteiger partial charge in [-0.05, 0) is 35.1 Å². The molecule has 4 N–H and O–H groups in total. The molecular formula is C18H17N5O2S3. The number of nitrogens with one attached hydrogen (secondary N) is 4. The van der Waals surface area contributed by atoms with Gasteiger partial charge in [0.25, 0.3) is 0 Å². The summed E-state index contributed by atoms with van der Waals surface area (Å²) in [7, 11) is 0. The Labute approximate surface area is 175 Å². The maximum atomic E-state index is 11.8. The van der Waals surface area contributed by atoms with E-state index in [1.54, 1.807) is 11.6 Å². The van der Waals surface area contributed by atoms with E-state index < -0.39 is 0 Å². The molecule has 2 aromatic carbocycles. The lowest BCUT2D eigenvalue weighted by Gasteiger charge is -2.12. The van der Waals surface area contributed by atoms with Crippen molar-refractivity contribution >= 4 is 73.8 Å². The quantitative estimate of drug-likeness (QED) is 0.352. The van der Waals surface area contributed by atoms with E-state index in [1.165, 1.54) is 23.1 Å². The van der Waals surface area contributed by atoms with Crippen LogP contribution < -0.4 is 21.5 Å². The standard InChI is InChI=1S/C18H17N5O2S3/c24-15(21-18-19-7-8-28-18)10-27-11-16(25)22-23-17(26)20-14-6-5-12-3-1-2-4-13(12)9-14/h1-9H,10-11H2,(H,22,25)(H,19,21,24)(H2,20,23,26). The van der Waals surface area contributed by atoms with Gasteiger partial charge in [-0.25, -0.2) is 4.98 Å². The fraction of sp³-hybridized carbons (Fsp3) is 0.111. The van der Waals surface area contributed by atoms with Gasteiger partial charge in [0.15, 0.2) is 10.2 Å². The zero-order valence-electron chi connectivity index (χ0n) is 14.6. The van der Waals surface area contributed by atoms with E-state index in [0.717, 1.165) is 16.5 Å². The molecule has 28 heavy (non-hydrogen) atoms. The van der Waals surface area contributed by atoms with Gasteiger partial charge >= 0.3 is 0 Å². The van der Waals surface area contributed by atoms with Gasteiger partial charge in [-0.15, -0.1) is 23.1 Å². The summed E-state index contributed by atoms with van der Waals surface area (Å²) in [5, 5.41) is 10.5. The number of nitrogens with zero attached hydrogens (tertiary/aromatic N) is 1. The highest BCUT2D eigenvalue weighted by molar-refractivity contribution is 8.00. The monoisotopic (exact) mass is 431 g/mol. The van der Waals surface area contributed by atoms with Crippen LogP contribution in [0.15, 0.2) is 54.0 Å². The second-order valence-corrected chi connectivity index (χ2v) is 7.86. The molecule has 0 saturated carbocycles. The Morgan fingerprint density at radius 2 is 1.79 bits per heavy atom. The average Bonchev–Trinajstić information content (AvgIpc) is 3.19. The number of benzene rings is 2. The van der Waals surface area contributed by atoms with E-state index in [1.807, 2.05) is 42.5 Å². The molecule has 0 atom stereocenters. The lowest BCUT2D eigenvalue weighted by atomic mass is 10.1. The first-order chi connectivity index (χ1) is 13.6. The van der Waals surface area contributed by atoms with Gasteiger partial charge < -0.3 is 10.6 Å². The molecule has 0 unspecified atom stereocenters. The second kappa shape index (κ2) is 10.0. The number of fused-ring (bicyclic) bond motifs is 1. The number of hydrogen-bond donors (Lipinski definition) is 4. The molecule has 0 radical (unpaired) electrons. The maximum Gasteiger partial charge on any atom is 0.248 e. The third kappa shape index (κ3) is 6.19. The SMILES string of the molecule is O=C(CSCC(=O)Nc1nccs1)NNC(=S)Nc1ccc2ccccc2c1. The summed E-state index contributed by atoms with van der Waals surface area (Å²) in [6.45, 7) is 0. The molecule has 2 amide bonds. The number of thioether (sulfide) groups is 1. The Balaban J connectivity index is 1.35. The van der Waals surface area contributed by atoms with E-state index in [2.05, 4.69) is 26.5 Å². The first-order valence-corrected chi connectivity index (χ1v) is 10.7. The molecule has 0 spiro atoms. The van der Waals surface area contributed by atoms with Crippen molar-refractivity contribution < 1.29 is 9.59 Å². The molecule has 1 heterocycles. The average molecular weight is 432 g/mol. The lowest BCUT2D eigenvalue weighted by molar-refractivity contribution is -0.119. The zero-order chi connectivity index (χ0) is 19.8. The third-order valence-corrected chi connectivity index (χ3v) is 5.29. The number of aromatic nitrogens is 1. The molecule has 3 rings (SSSR count). The molecule has 1 aromatic heterocycles. The summed E-state index contributed by atoms with van der Waals surface area (Å²) in [5.41, 5.74) is 5.97. The normalized spacial score (nSPS) is 10.3. The van der Waals surface area contributed by atoms with Gasteiger partial charge in [0.05, 0.1) is 11.5 Å². The van der Waals surface area contributed by atoms with Gasteiger partial charge in [-0.3, -0.25) is 20.4 Å². The van der Waals surface area contributed by atoms with Gasteiger partial charge in [-0.1, -0.05) is 30.3 Å². The number of carbonyl (C=O) groups excluding carboxylic acids is 2. The molecule has 0 aliphatic heterocycles. The maximum absolute atomic E-state index is 11.8. The predicted octanol–water partition coefficient (Wildman–Crippen LogP) is 2.99. The topological polar surface area (TPSA) is 95.2 Å². The Bertz CT molecular complexity index is 978. The van der Waals surface area contributed by atoms with Crippen molar-refractivity contribution in [1.82, 2.24) is 15.8 Å². The van der Waals surface area contributed by atoms with Crippen molar-refractivity contribution in [2.24, 2.45) is 0 Å². The Kier molecular flexibility index (Phi) is 7.18. The number of hydrogen-bond acceptors (Lipinski definition) is 6. The molecule has 0 bridgehead atoms.